The fraction of sp³-hybridized carbons (Fsp3) is 0. The van der Waals surface area contributed by atoms with Crippen LogP contribution in [-0.4, -0.2) is 5.91 Å². The zero-order chi connectivity index (χ0) is 18.5. The van der Waals surface area contributed by atoms with Gasteiger partial charge in [-0.2, -0.15) is 0 Å². The van der Waals surface area contributed by atoms with E-state index in [9.17, 15) is 4.79 Å². The van der Waals surface area contributed by atoms with Gasteiger partial charge in [0.1, 0.15) is 0 Å². The van der Waals surface area contributed by atoms with Crippen molar-refractivity contribution in [3.63, 3.8) is 0 Å². The molecule has 4 rings (SSSR count). The summed E-state index contributed by atoms with van der Waals surface area (Å²) in [5.41, 5.74) is 2.73. The van der Waals surface area contributed by atoms with Crippen molar-refractivity contribution in [2.45, 2.75) is 0 Å². The molecule has 3 nitrogen and oxygen atoms in total. The minimum absolute atomic E-state index is 0. The first kappa shape index (κ1) is 28.2. The number of nitrogens with one attached hydrogen (secondary N) is 1. The third-order valence-corrected chi connectivity index (χ3v) is 3.46. The van der Waals surface area contributed by atoms with Crippen LogP contribution in [0.5, 0.6) is 0 Å². The van der Waals surface area contributed by atoms with Crippen LogP contribution in [0.3, 0.4) is 0 Å². The summed E-state index contributed by atoms with van der Waals surface area (Å²) in [7, 11) is 0. The summed E-state index contributed by atoms with van der Waals surface area (Å²) in [6.07, 6.45) is 37.1. The van der Waals surface area contributed by atoms with Gasteiger partial charge in [-0.1, -0.05) is 6.08 Å². The van der Waals surface area contributed by atoms with Crippen molar-refractivity contribution < 1.29 is 38.9 Å². The van der Waals surface area contributed by atoms with E-state index in [-0.39, 0.29) is 40.0 Å². The zero-order valence-corrected chi connectivity index (χ0v) is 17.4. The normalized spacial score (nSPS) is 22.2. The third kappa shape index (κ3) is 11.4. The van der Waals surface area contributed by atoms with Crippen LogP contribution in [-0.2, 0) is 38.9 Å². The van der Waals surface area contributed by atoms with E-state index in [0.717, 1.165) is 11.8 Å². The first-order chi connectivity index (χ1) is 12.8. The topological polar surface area (TPSA) is 55.1 Å². The molecule has 4 saturated carbocycles. The average molecular weight is 454 g/mol. The van der Waals surface area contributed by atoms with Crippen LogP contribution in [0.2, 0.25) is 0 Å². The Balaban J connectivity index is 0.000000500. The third-order valence-electron chi connectivity index (χ3n) is 3.46. The summed E-state index contributed by atoms with van der Waals surface area (Å²) in [4.78, 5) is 11.6. The molecule has 0 spiro atoms. The number of carbonyl (C=O) groups excluding carboxylic acids is 1. The molecule has 0 aromatic heterocycles. The Hall–Kier alpha value is 0.209. The SMILES string of the molecule is NNC(=O)/C(=C/[C]1[CH][CH][CH][CH]1)[C]1[CH][CH][CH][CH]1.[CH]1[CH][CH][CH][CH]1.[CH]1[CH][CH][CH][CH]1.[Fe+2].[Fe+2]. The number of amides is 1. The van der Waals surface area contributed by atoms with E-state index in [0.29, 0.717) is 5.57 Å². The Bertz CT molecular complexity index is 384. The second kappa shape index (κ2) is 18.0. The standard InChI is InChI=1S/C13H12N2O.2C5H5.2Fe/c14-15-13(16)12(11-7-3-4-8-11)9-10-5-1-2-6-10;2*1-2-4-5-3-1;;/h1-9H,14H2,(H,15,16);2*1-5H;;/q;;;2*+2/b12-9+;;;;. The average Bonchev–Trinajstić information content (AvgIpc) is 3.50. The van der Waals surface area contributed by atoms with Gasteiger partial charge in [0.05, 0.1) is 0 Å². The molecule has 0 aromatic rings. The van der Waals surface area contributed by atoms with Gasteiger partial charge in [0.15, 0.2) is 0 Å². The van der Waals surface area contributed by atoms with Gasteiger partial charge in [-0.25, -0.2) is 5.84 Å². The minimum Gasteiger partial charge on any atom is -0.290 e. The monoisotopic (exact) mass is 454 g/mol. The van der Waals surface area contributed by atoms with Gasteiger partial charge in [0, 0.05) is 17.4 Å². The van der Waals surface area contributed by atoms with Gasteiger partial charge in [0.2, 0.25) is 0 Å². The molecule has 4 fully saturated rings. The predicted octanol–water partition coefficient (Wildman–Crippen LogP) is 2.75. The Morgan fingerprint density at radius 3 is 1.36 bits per heavy atom. The molecule has 5 heteroatoms. The van der Waals surface area contributed by atoms with Gasteiger partial charge < -0.3 is 0 Å². The van der Waals surface area contributed by atoms with Crippen LogP contribution in [0.4, 0.5) is 0 Å². The number of hydrogen-bond donors (Lipinski definition) is 2. The molecular formula is C23H22Fe2N2O+4. The number of allylic oxidation sites excluding steroid dienone is 1. The van der Waals surface area contributed by atoms with Crippen LogP contribution < -0.4 is 11.3 Å². The smallest absolute Gasteiger partial charge is 0.290 e. The summed E-state index contributed by atoms with van der Waals surface area (Å²) in [5.74, 6) is 6.73. The van der Waals surface area contributed by atoms with Crippen LogP contribution in [0, 0.1) is 127 Å². The first-order valence-corrected chi connectivity index (χ1v) is 8.31. The molecule has 0 atom stereocenters. The fourth-order valence-electron chi connectivity index (χ4n) is 2.20. The van der Waals surface area contributed by atoms with E-state index in [1.165, 1.54) is 0 Å². The molecule has 0 unspecified atom stereocenters. The molecule has 0 aliphatic heterocycles. The molecule has 142 valence electrons. The van der Waals surface area contributed by atoms with Crippen molar-refractivity contribution in [3.05, 3.63) is 139 Å². The van der Waals surface area contributed by atoms with Gasteiger partial charge in [-0.15, -0.1) is 0 Å². The molecule has 20 radical (unpaired) electrons. The minimum atomic E-state index is -0.285. The van der Waals surface area contributed by atoms with E-state index in [1.54, 1.807) is 0 Å². The van der Waals surface area contributed by atoms with Crippen LogP contribution >= 0.6 is 0 Å². The Labute approximate surface area is 194 Å². The first-order valence-electron chi connectivity index (χ1n) is 8.31. The summed E-state index contributed by atoms with van der Waals surface area (Å²) in [5, 5.41) is 0. The second-order valence-electron chi connectivity index (χ2n) is 5.35. The van der Waals surface area contributed by atoms with E-state index >= 15 is 0 Å². The van der Waals surface area contributed by atoms with E-state index in [1.807, 2.05) is 122 Å². The summed E-state index contributed by atoms with van der Waals surface area (Å²) in [6, 6.07) is 0. The van der Waals surface area contributed by atoms with Crippen molar-refractivity contribution in [2.24, 2.45) is 5.84 Å². The Morgan fingerprint density at radius 1 is 0.643 bits per heavy atom. The zero-order valence-electron chi connectivity index (χ0n) is 15.2. The summed E-state index contributed by atoms with van der Waals surface area (Å²) < 4.78 is 0. The number of rotatable bonds is 3. The molecule has 1 amide bonds. The number of nitrogens with two attached hydrogens (primary N) is 1. The largest absolute Gasteiger partial charge is 2.00 e. The summed E-state index contributed by atoms with van der Waals surface area (Å²) in [6.45, 7) is 0. The molecule has 3 N–H and O–H groups in total. The fourth-order valence-corrected chi connectivity index (χ4v) is 2.20. The van der Waals surface area contributed by atoms with E-state index in [2.05, 4.69) is 5.43 Å². The molecule has 4 aliphatic carbocycles. The van der Waals surface area contributed by atoms with E-state index in [4.69, 9.17) is 5.84 Å². The number of hydrazine groups is 1. The quantitative estimate of drug-likeness (QED) is 0.227. The van der Waals surface area contributed by atoms with Crippen molar-refractivity contribution in [1.29, 1.82) is 0 Å². The maximum Gasteiger partial charge on any atom is 2.00 e. The maximum atomic E-state index is 11.6. The number of hydrogen-bond acceptors (Lipinski definition) is 2. The molecular weight excluding hydrogens is 432 g/mol. The predicted molar refractivity (Wildman–Crippen MR) is 104 cm³/mol. The van der Waals surface area contributed by atoms with Crippen molar-refractivity contribution in [2.75, 3.05) is 0 Å². The molecule has 0 heterocycles. The molecule has 0 saturated heterocycles. The van der Waals surface area contributed by atoms with Crippen LogP contribution in [0.1, 0.15) is 0 Å². The molecule has 4 aliphatic rings. The van der Waals surface area contributed by atoms with Gasteiger partial charge in [-0.05, 0) is 116 Å². The number of carbonyl (C=O) groups is 1. The van der Waals surface area contributed by atoms with Crippen molar-refractivity contribution in [3.8, 4) is 0 Å². The van der Waals surface area contributed by atoms with Crippen LogP contribution in [0.25, 0.3) is 0 Å². The van der Waals surface area contributed by atoms with E-state index < -0.39 is 0 Å². The van der Waals surface area contributed by atoms with Crippen molar-refractivity contribution >= 4 is 5.91 Å². The second-order valence-corrected chi connectivity index (χ2v) is 5.35. The van der Waals surface area contributed by atoms with Gasteiger partial charge in [-0.3, -0.25) is 10.2 Å². The molecule has 28 heavy (non-hydrogen) atoms. The Kier molecular flexibility index (Phi) is 18.2. The van der Waals surface area contributed by atoms with Gasteiger partial charge in [0.25, 0.3) is 5.91 Å². The van der Waals surface area contributed by atoms with Crippen molar-refractivity contribution in [1.82, 2.24) is 5.43 Å². The summed E-state index contributed by atoms with van der Waals surface area (Å²) >= 11 is 0. The maximum absolute atomic E-state index is 11.6. The van der Waals surface area contributed by atoms with Gasteiger partial charge >= 0.3 is 34.1 Å². The molecule has 0 aromatic carbocycles. The molecule has 0 bridgehead atoms. The van der Waals surface area contributed by atoms with Crippen LogP contribution in [0.15, 0.2) is 11.6 Å². The Morgan fingerprint density at radius 2 is 1.00 bits per heavy atom.